The van der Waals surface area contributed by atoms with Gasteiger partial charge in [0.2, 0.25) is 11.8 Å². The van der Waals surface area contributed by atoms with E-state index in [9.17, 15) is 24.6 Å². The van der Waals surface area contributed by atoms with Gasteiger partial charge in [0.25, 0.3) is 0 Å². The summed E-state index contributed by atoms with van der Waals surface area (Å²) in [6.07, 6.45) is 1.25. The number of hydrogen-bond acceptors (Lipinski definition) is 5. The van der Waals surface area contributed by atoms with Crippen molar-refractivity contribution in [1.82, 2.24) is 10.2 Å². The third kappa shape index (κ3) is 4.23. The predicted octanol–water partition coefficient (Wildman–Crippen LogP) is -0.546. The summed E-state index contributed by atoms with van der Waals surface area (Å²) in [6, 6.07) is 4.30. The van der Waals surface area contributed by atoms with Crippen LogP contribution in [0.5, 0.6) is 5.75 Å². The van der Waals surface area contributed by atoms with E-state index in [2.05, 4.69) is 5.32 Å². The zero-order valence-electron chi connectivity index (χ0n) is 13.1. The van der Waals surface area contributed by atoms with Crippen LogP contribution in [0.15, 0.2) is 24.3 Å². The number of amides is 2. The van der Waals surface area contributed by atoms with Gasteiger partial charge < -0.3 is 26.2 Å². The highest BCUT2D eigenvalue weighted by molar-refractivity contribution is 5.91. The number of nitrogens with two attached hydrogens (primary N) is 1. The Hall–Kier alpha value is -2.61. The highest BCUT2D eigenvalue weighted by atomic mass is 16.4. The maximum Gasteiger partial charge on any atom is 0.326 e. The van der Waals surface area contributed by atoms with E-state index >= 15 is 0 Å². The third-order valence-corrected chi connectivity index (χ3v) is 4.04. The molecule has 1 saturated heterocycles. The highest BCUT2D eigenvalue weighted by Crippen LogP contribution is 2.18. The van der Waals surface area contributed by atoms with Crippen LogP contribution in [0.3, 0.4) is 0 Å². The summed E-state index contributed by atoms with van der Waals surface area (Å²) >= 11 is 0. The first-order chi connectivity index (χ1) is 11.4. The van der Waals surface area contributed by atoms with Crippen molar-refractivity contribution in [2.45, 2.75) is 31.3 Å². The van der Waals surface area contributed by atoms with Gasteiger partial charge in [-0.2, -0.15) is 0 Å². The molecule has 8 nitrogen and oxygen atoms in total. The molecule has 5 N–H and O–H groups in total. The van der Waals surface area contributed by atoms with Gasteiger partial charge in [0.15, 0.2) is 0 Å². The van der Waals surface area contributed by atoms with Crippen LogP contribution in [-0.2, 0) is 20.8 Å². The molecule has 2 amide bonds. The Morgan fingerprint density at radius 3 is 2.54 bits per heavy atom. The number of aromatic hydroxyl groups is 1. The number of nitrogens with one attached hydrogen (secondary N) is 1. The number of phenolic OH excluding ortho intramolecular Hbond substituents is 1. The summed E-state index contributed by atoms with van der Waals surface area (Å²) in [5, 5.41) is 21.1. The van der Waals surface area contributed by atoms with Crippen molar-refractivity contribution in [1.29, 1.82) is 0 Å². The van der Waals surface area contributed by atoms with Gasteiger partial charge in [-0.25, -0.2) is 4.79 Å². The quantitative estimate of drug-likeness (QED) is 0.551. The molecule has 0 saturated carbocycles. The second kappa shape index (κ2) is 7.78. The Morgan fingerprint density at radius 1 is 1.29 bits per heavy atom. The maximum absolute atomic E-state index is 12.4. The van der Waals surface area contributed by atoms with Crippen LogP contribution in [0.2, 0.25) is 0 Å². The van der Waals surface area contributed by atoms with Gasteiger partial charge in [0.1, 0.15) is 17.8 Å². The molecular formula is C16H21N3O5. The molecule has 0 aliphatic carbocycles. The molecule has 1 fully saturated rings. The van der Waals surface area contributed by atoms with E-state index in [4.69, 9.17) is 5.73 Å². The first-order valence-corrected chi connectivity index (χ1v) is 7.73. The zero-order valence-corrected chi connectivity index (χ0v) is 13.1. The number of carboxylic acids is 1. The molecule has 0 radical (unpaired) electrons. The number of nitrogens with zero attached hydrogens (tertiary/aromatic N) is 1. The number of aliphatic carboxylic acids is 1. The number of phenols is 1. The van der Waals surface area contributed by atoms with Crippen LogP contribution in [0.25, 0.3) is 0 Å². The number of hydrogen-bond donors (Lipinski definition) is 4. The normalized spacial score (nSPS) is 18.2. The monoisotopic (exact) mass is 335 g/mol. The minimum absolute atomic E-state index is 0.0801. The van der Waals surface area contributed by atoms with E-state index in [0.717, 1.165) is 0 Å². The second-order valence-electron chi connectivity index (χ2n) is 5.72. The van der Waals surface area contributed by atoms with E-state index in [1.165, 1.54) is 17.0 Å². The van der Waals surface area contributed by atoms with E-state index in [1.807, 2.05) is 0 Å². The molecule has 1 aliphatic heterocycles. The Bertz CT molecular complexity index is 617. The predicted molar refractivity (Wildman–Crippen MR) is 85.2 cm³/mol. The number of likely N-dealkylation sites (tertiary alicyclic amines) is 1. The summed E-state index contributed by atoms with van der Waals surface area (Å²) in [4.78, 5) is 37.0. The topological polar surface area (TPSA) is 133 Å². The first-order valence-electron chi connectivity index (χ1n) is 7.73. The molecule has 8 heteroatoms. The van der Waals surface area contributed by atoms with E-state index < -0.39 is 24.0 Å². The molecular weight excluding hydrogens is 314 g/mol. The molecule has 1 aromatic rings. The fraction of sp³-hybridized carbons (Fsp3) is 0.438. The van der Waals surface area contributed by atoms with E-state index in [0.29, 0.717) is 24.9 Å². The highest BCUT2D eigenvalue weighted by Gasteiger charge is 2.35. The van der Waals surface area contributed by atoms with Crippen LogP contribution in [0, 0.1) is 0 Å². The van der Waals surface area contributed by atoms with Crippen molar-refractivity contribution >= 4 is 17.8 Å². The smallest absolute Gasteiger partial charge is 0.326 e. The van der Waals surface area contributed by atoms with Crippen molar-refractivity contribution in [3.8, 4) is 5.75 Å². The van der Waals surface area contributed by atoms with Gasteiger partial charge >= 0.3 is 5.97 Å². The van der Waals surface area contributed by atoms with Crippen LogP contribution < -0.4 is 11.1 Å². The van der Waals surface area contributed by atoms with Crippen molar-refractivity contribution in [2.24, 2.45) is 5.73 Å². The van der Waals surface area contributed by atoms with Crippen LogP contribution in [0.1, 0.15) is 18.4 Å². The van der Waals surface area contributed by atoms with Gasteiger partial charge in [0.05, 0.1) is 6.54 Å². The summed E-state index contributed by atoms with van der Waals surface area (Å²) in [6.45, 7) is 0.267. The van der Waals surface area contributed by atoms with Crippen molar-refractivity contribution < 1.29 is 24.6 Å². The van der Waals surface area contributed by atoms with Gasteiger partial charge in [-0.15, -0.1) is 0 Å². The zero-order chi connectivity index (χ0) is 17.7. The van der Waals surface area contributed by atoms with Gasteiger partial charge in [-0.05, 0) is 30.5 Å². The molecule has 0 bridgehead atoms. The van der Waals surface area contributed by atoms with Crippen molar-refractivity contribution in [2.75, 3.05) is 13.1 Å². The standard InChI is InChI=1S/C16H21N3O5/c17-9-14(21)19-7-1-2-13(19)15(22)18-12(16(23)24)8-10-3-5-11(20)6-4-10/h3-6,12-13,20H,1-2,7-9,17H2,(H,18,22)(H,23,24)/t12-,13-/m0/s1. The largest absolute Gasteiger partial charge is 0.508 e. The Balaban J connectivity index is 2.04. The van der Waals surface area contributed by atoms with E-state index in [1.54, 1.807) is 12.1 Å². The Labute approximate surface area is 139 Å². The average Bonchev–Trinajstić information content (AvgIpc) is 3.05. The summed E-state index contributed by atoms with van der Waals surface area (Å²) in [7, 11) is 0. The van der Waals surface area contributed by atoms with Crippen LogP contribution in [0.4, 0.5) is 0 Å². The first kappa shape index (κ1) is 17.7. The number of rotatable bonds is 6. The summed E-state index contributed by atoms with van der Waals surface area (Å²) in [5.41, 5.74) is 6.01. The lowest BCUT2D eigenvalue weighted by molar-refractivity contribution is -0.143. The van der Waals surface area contributed by atoms with Crippen molar-refractivity contribution in [3.05, 3.63) is 29.8 Å². The molecule has 0 aromatic heterocycles. The lowest BCUT2D eigenvalue weighted by Crippen LogP contribution is -2.52. The fourth-order valence-electron chi connectivity index (χ4n) is 2.79. The molecule has 24 heavy (non-hydrogen) atoms. The molecule has 1 aliphatic rings. The number of carbonyl (C=O) groups excluding carboxylic acids is 2. The van der Waals surface area contributed by atoms with Gasteiger partial charge in [-0.3, -0.25) is 9.59 Å². The lowest BCUT2D eigenvalue weighted by Gasteiger charge is -2.25. The van der Waals surface area contributed by atoms with Gasteiger partial charge in [-0.1, -0.05) is 12.1 Å². The SMILES string of the molecule is NCC(=O)N1CCC[C@H]1C(=O)N[C@@H](Cc1ccc(O)cc1)C(=O)O. The Morgan fingerprint density at radius 2 is 1.96 bits per heavy atom. The molecule has 0 unspecified atom stereocenters. The maximum atomic E-state index is 12.4. The van der Waals surface area contributed by atoms with Crippen LogP contribution >= 0.6 is 0 Å². The Kier molecular flexibility index (Phi) is 5.75. The van der Waals surface area contributed by atoms with Gasteiger partial charge in [0, 0.05) is 13.0 Å². The van der Waals surface area contributed by atoms with Crippen molar-refractivity contribution in [3.63, 3.8) is 0 Å². The molecule has 1 aromatic carbocycles. The minimum atomic E-state index is -1.16. The lowest BCUT2D eigenvalue weighted by atomic mass is 10.0. The molecule has 0 spiro atoms. The molecule has 1 heterocycles. The van der Waals surface area contributed by atoms with Crippen LogP contribution in [-0.4, -0.2) is 58.1 Å². The minimum Gasteiger partial charge on any atom is -0.508 e. The average molecular weight is 335 g/mol. The summed E-state index contributed by atoms with van der Waals surface area (Å²) < 4.78 is 0. The molecule has 2 atom stereocenters. The molecule has 130 valence electrons. The number of carboxylic acid groups (broad SMARTS) is 1. The van der Waals surface area contributed by atoms with E-state index in [-0.39, 0.29) is 24.6 Å². The number of benzene rings is 1. The number of carbonyl (C=O) groups is 3. The fourth-order valence-corrected chi connectivity index (χ4v) is 2.79. The second-order valence-corrected chi connectivity index (χ2v) is 5.72. The molecule has 2 rings (SSSR count). The third-order valence-electron chi connectivity index (χ3n) is 4.04. The summed E-state index contributed by atoms with van der Waals surface area (Å²) in [5.74, 6) is -1.89.